The van der Waals surface area contributed by atoms with E-state index in [0.29, 0.717) is 0 Å². The Morgan fingerprint density at radius 3 is 2.88 bits per heavy atom. The molecule has 0 saturated heterocycles. The minimum atomic E-state index is -0.924. The molecule has 4 nitrogen and oxygen atoms in total. The zero-order valence-electron chi connectivity index (χ0n) is 4.09. The van der Waals surface area contributed by atoms with Crippen LogP contribution in [0.15, 0.2) is 12.3 Å². The smallest absolute Gasteiger partial charge is 0.248 e. The minimum Gasteiger partial charge on any atom is -0.356 e. The predicted octanol–water partition coefficient (Wildman–Crippen LogP) is -1.50. The lowest BCUT2D eigenvalue weighted by Crippen LogP contribution is -2.45. The fourth-order valence-electron chi connectivity index (χ4n) is 0.439. The number of carbonyl (C=O) groups excluding carboxylic acids is 1. The number of aliphatic hydroxyl groups excluding tert-OH is 1. The first-order valence-corrected chi connectivity index (χ1v) is 2.20. The van der Waals surface area contributed by atoms with E-state index in [9.17, 15) is 4.79 Å². The second-order valence-corrected chi connectivity index (χ2v) is 1.41. The summed E-state index contributed by atoms with van der Waals surface area (Å²) in [5.74, 6) is -0.281. The average molecular weight is 114 g/mol. The van der Waals surface area contributed by atoms with Crippen molar-refractivity contribution < 1.29 is 9.90 Å². The molecule has 8 heavy (non-hydrogen) atoms. The SMILES string of the molecule is O=C1C=CNC(O)N1. The minimum absolute atomic E-state index is 0.281. The molecule has 0 aromatic carbocycles. The molecule has 4 heteroatoms. The number of rotatable bonds is 0. The van der Waals surface area contributed by atoms with Crippen molar-refractivity contribution in [2.45, 2.75) is 6.35 Å². The molecule has 0 saturated carbocycles. The molecule has 0 fully saturated rings. The van der Waals surface area contributed by atoms with Gasteiger partial charge in [0.05, 0.1) is 0 Å². The second-order valence-electron chi connectivity index (χ2n) is 1.41. The highest BCUT2D eigenvalue weighted by atomic mass is 16.3. The van der Waals surface area contributed by atoms with E-state index in [1.54, 1.807) is 0 Å². The van der Waals surface area contributed by atoms with Gasteiger partial charge in [-0.05, 0) is 0 Å². The number of nitrogens with one attached hydrogen (secondary N) is 2. The van der Waals surface area contributed by atoms with Gasteiger partial charge in [0.25, 0.3) is 0 Å². The number of hydrogen-bond donors (Lipinski definition) is 3. The van der Waals surface area contributed by atoms with Crippen LogP contribution in [0.3, 0.4) is 0 Å². The average Bonchev–Trinajstić information content (AvgIpc) is 1.64. The fourth-order valence-corrected chi connectivity index (χ4v) is 0.439. The molecule has 44 valence electrons. The highest BCUT2D eigenvalue weighted by molar-refractivity contribution is 5.88. The Bertz CT molecular complexity index is 132. The first kappa shape index (κ1) is 5.11. The van der Waals surface area contributed by atoms with Gasteiger partial charge in [-0.1, -0.05) is 0 Å². The normalized spacial score (nSPS) is 26.6. The molecule has 0 aromatic heterocycles. The Kier molecular flexibility index (Phi) is 1.17. The molecule has 1 unspecified atom stereocenters. The highest BCUT2D eigenvalue weighted by Crippen LogP contribution is 1.80. The first-order chi connectivity index (χ1) is 3.79. The summed E-state index contributed by atoms with van der Waals surface area (Å²) in [5, 5.41) is 13.2. The van der Waals surface area contributed by atoms with Crippen LogP contribution < -0.4 is 10.6 Å². The highest BCUT2D eigenvalue weighted by Gasteiger charge is 2.06. The van der Waals surface area contributed by atoms with Crippen LogP contribution in [0.5, 0.6) is 0 Å². The topological polar surface area (TPSA) is 61.4 Å². The summed E-state index contributed by atoms with van der Waals surface area (Å²) in [7, 11) is 0. The molecule has 1 amide bonds. The third-order valence-corrected chi connectivity index (χ3v) is 0.768. The number of amides is 1. The standard InChI is InChI=1S/C4H6N2O2/c7-3-1-2-5-4(8)6-3/h1-2,4-5,8H,(H,6,7). The lowest BCUT2D eigenvalue weighted by molar-refractivity contribution is -0.120. The molecule has 1 atom stereocenters. The zero-order chi connectivity index (χ0) is 5.98. The van der Waals surface area contributed by atoms with E-state index in [2.05, 4.69) is 10.6 Å². The Morgan fingerprint density at radius 1 is 1.75 bits per heavy atom. The monoisotopic (exact) mass is 114 g/mol. The van der Waals surface area contributed by atoms with Crippen LogP contribution in [0.25, 0.3) is 0 Å². The Morgan fingerprint density at radius 2 is 2.50 bits per heavy atom. The maximum Gasteiger partial charge on any atom is 0.248 e. The summed E-state index contributed by atoms with van der Waals surface area (Å²) in [6.45, 7) is 0. The maximum absolute atomic E-state index is 10.3. The third kappa shape index (κ3) is 0.974. The molecule has 3 N–H and O–H groups in total. The zero-order valence-corrected chi connectivity index (χ0v) is 4.09. The summed E-state index contributed by atoms with van der Waals surface area (Å²) >= 11 is 0. The van der Waals surface area contributed by atoms with E-state index < -0.39 is 6.35 Å². The van der Waals surface area contributed by atoms with Crippen LogP contribution in [-0.4, -0.2) is 17.4 Å². The molecule has 0 spiro atoms. The van der Waals surface area contributed by atoms with Gasteiger partial charge >= 0.3 is 0 Å². The molecule has 0 radical (unpaired) electrons. The van der Waals surface area contributed by atoms with E-state index in [0.717, 1.165) is 0 Å². The predicted molar refractivity (Wildman–Crippen MR) is 26.4 cm³/mol. The van der Waals surface area contributed by atoms with Crippen molar-refractivity contribution in [1.82, 2.24) is 10.6 Å². The van der Waals surface area contributed by atoms with Gasteiger partial charge < -0.3 is 15.7 Å². The molecule has 0 aliphatic carbocycles. The van der Waals surface area contributed by atoms with Crippen LogP contribution in [0.1, 0.15) is 0 Å². The molecule has 0 bridgehead atoms. The van der Waals surface area contributed by atoms with Crippen molar-refractivity contribution in [3.05, 3.63) is 12.3 Å². The summed E-state index contributed by atoms with van der Waals surface area (Å²) in [6.07, 6.45) is 1.77. The third-order valence-electron chi connectivity index (χ3n) is 0.768. The van der Waals surface area contributed by atoms with Gasteiger partial charge in [0.1, 0.15) is 0 Å². The number of hydrogen-bond acceptors (Lipinski definition) is 3. The van der Waals surface area contributed by atoms with E-state index in [-0.39, 0.29) is 5.91 Å². The van der Waals surface area contributed by atoms with Crippen LogP contribution >= 0.6 is 0 Å². The quantitative estimate of drug-likeness (QED) is 0.359. The van der Waals surface area contributed by atoms with Crippen molar-refractivity contribution in [2.75, 3.05) is 0 Å². The van der Waals surface area contributed by atoms with Crippen LogP contribution in [0, 0.1) is 0 Å². The summed E-state index contributed by atoms with van der Waals surface area (Å²) in [5.41, 5.74) is 0. The van der Waals surface area contributed by atoms with Gasteiger partial charge in [0.2, 0.25) is 12.3 Å². The van der Waals surface area contributed by atoms with Crippen molar-refractivity contribution in [3.63, 3.8) is 0 Å². The lowest BCUT2D eigenvalue weighted by Gasteiger charge is -2.14. The largest absolute Gasteiger partial charge is 0.356 e. The molecular weight excluding hydrogens is 108 g/mol. The second kappa shape index (κ2) is 1.83. The summed E-state index contributed by atoms with van der Waals surface area (Å²) in [6, 6.07) is 0. The van der Waals surface area contributed by atoms with Gasteiger partial charge in [-0.15, -0.1) is 0 Å². The van der Waals surface area contributed by atoms with Gasteiger partial charge in [-0.25, -0.2) is 0 Å². The fraction of sp³-hybridized carbons (Fsp3) is 0.250. The van der Waals surface area contributed by atoms with Gasteiger partial charge in [0, 0.05) is 12.3 Å². The van der Waals surface area contributed by atoms with Crippen LogP contribution in [0.4, 0.5) is 0 Å². The molecular formula is C4H6N2O2. The summed E-state index contributed by atoms with van der Waals surface area (Å²) < 4.78 is 0. The van der Waals surface area contributed by atoms with Crippen molar-refractivity contribution in [3.8, 4) is 0 Å². The first-order valence-electron chi connectivity index (χ1n) is 2.20. The van der Waals surface area contributed by atoms with Gasteiger partial charge in [-0.3, -0.25) is 4.79 Å². The molecule has 1 heterocycles. The van der Waals surface area contributed by atoms with Crippen molar-refractivity contribution in [2.24, 2.45) is 0 Å². The molecule has 1 aliphatic heterocycles. The van der Waals surface area contributed by atoms with Crippen molar-refractivity contribution >= 4 is 5.91 Å². The van der Waals surface area contributed by atoms with Crippen LogP contribution in [-0.2, 0) is 4.79 Å². The van der Waals surface area contributed by atoms with E-state index in [1.165, 1.54) is 12.3 Å². The van der Waals surface area contributed by atoms with Crippen molar-refractivity contribution in [1.29, 1.82) is 0 Å². The maximum atomic E-state index is 10.3. The van der Waals surface area contributed by atoms with E-state index >= 15 is 0 Å². The number of aliphatic hydroxyl groups is 1. The van der Waals surface area contributed by atoms with Crippen LogP contribution in [0.2, 0.25) is 0 Å². The number of carbonyl (C=O) groups is 1. The Balaban J connectivity index is 2.54. The lowest BCUT2D eigenvalue weighted by atomic mass is 10.5. The molecule has 1 aliphatic rings. The molecule has 1 rings (SSSR count). The molecule has 0 aromatic rings. The Labute approximate surface area is 46.2 Å². The van der Waals surface area contributed by atoms with E-state index in [4.69, 9.17) is 5.11 Å². The van der Waals surface area contributed by atoms with Gasteiger partial charge in [-0.2, -0.15) is 0 Å². The van der Waals surface area contributed by atoms with E-state index in [1.807, 2.05) is 0 Å². The van der Waals surface area contributed by atoms with Gasteiger partial charge in [0.15, 0.2) is 0 Å². The Hall–Kier alpha value is -1.03. The summed E-state index contributed by atoms with van der Waals surface area (Å²) in [4.78, 5) is 10.3.